The summed E-state index contributed by atoms with van der Waals surface area (Å²) in [5.74, 6) is 0.360. The molecule has 1 aromatic heterocycles. The molecule has 1 aromatic rings. The number of aryl methyl sites for hydroxylation is 1. The second-order valence-electron chi connectivity index (χ2n) is 5.63. The Morgan fingerprint density at radius 3 is 2.58 bits per heavy atom. The molecule has 0 spiro atoms. The van der Waals surface area contributed by atoms with Crippen molar-refractivity contribution in [3.63, 3.8) is 0 Å². The minimum Gasteiger partial charge on any atom is -0.396 e. The average Bonchev–Trinajstić information content (AvgIpc) is 2.56. The highest BCUT2D eigenvalue weighted by molar-refractivity contribution is 5.97. The standard InChI is InChI=1S/C13H25N5O/c1-9(2)6-10(8-17(3)4)16-13(19)12-11(14)7-15-18(12)5/h7,9-10H,6,8,14H2,1-5H3,(H,16,19). The second kappa shape index (κ2) is 6.56. The summed E-state index contributed by atoms with van der Waals surface area (Å²) in [6, 6.07) is 0.108. The van der Waals surface area contributed by atoms with Crippen LogP contribution in [0.4, 0.5) is 5.69 Å². The van der Waals surface area contributed by atoms with Crippen molar-refractivity contribution in [3.8, 4) is 0 Å². The number of nitrogens with zero attached hydrogens (tertiary/aromatic N) is 3. The Morgan fingerprint density at radius 1 is 1.53 bits per heavy atom. The van der Waals surface area contributed by atoms with Gasteiger partial charge in [-0.15, -0.1) is 0 Å². The third-order valence-electron chi connectivity index (χ3n) is 2.86. The van der Waals surface area contributed by atoms with Crippen molar-refractivity contribution in [2.24, 2.45) is 13.0 Å². The molecular weight excluding hydrogens is 242 g/mol. The lowest BCUT2D eigenvalue weighted by molar-refractivity contribution is 0.0916. The minimum atomic E-state index is -0.162. The second-order valence-corrected chi connectivity index (χ2v) is 5.63. The predicted octanol–water partition coefficient (Wildman–Crippen LogP) is 0.708. The van der Waals surface area contributed by atoms with Gasteiger partial charge in [0.25, 0.3) is 5.91 Å². The first kappa shape index (κ1) is 15.5. The molecule has 3 N–H and O–H groups in total. The molecule has 1 rings (SSSR count). The number of hydrogen-bond donors (Lipinski definition) is 2. The van der Waals surface area contributed by atoms with Crippen LogP contribution in [-0.2, 0) is 7.05 Å². The Balaban J connectivity index is 2.75. The number of hydrogen-bond acceptors (Lipinski definition) is 4. The Kier molecular flexibility index (Phi) is 5.35. The van der Waals surface area contributed by atoms with Gasteiger partial charge in [-0.05, 0) is 26.4 Å². The van der Waals surface area contributed by atoms with Gasteiger partial charge >= 0.3 is 0 Å². The van der Waals surface area contributed by atoms with Crippen LogP contribution in [-0.4, -0.2) is 47.3 Å². The number of nitrogens with two attached hydrogens (primary N) is 1. The molecule has 0 aliphatic carbocycles. The number of amides is 1. The van der Waals surface area contributed by atoms with Crippen LogP contribution >= 0.6 is 0 Å². The first-order chi connectivity index (χ1) is 8.81. The minimum absolute atomic E-state index is 0.108. The Bertz CT molecular complexity index is 395. The SMILES string of the molecule is CC(C)CC(CN(C)C)NC(=O)c1c(N)cnn1C. The molecule has 1 amide bonds. The molecule has 0 bridgehead atoms. The van der Waals surface area contributed by atoms with Gasteiger partial charge in [-0.25, -0.2) is 0 Å². The molecule has 0 fully saturated rings. The Labute approximate surface area is 114 Å². The maximum absolute atomic E-state index is 12.3. The number of carbonyl (C=O) groups excluding carboxylic acids is 1. The van der Waals surface area contributed by atoms with Crippen LogP contribution in [0.2, 0.25) is 0 Å². The van der Waals surface area contributed by atoms with Gasteiger partial charge in [0.2, 0.25) is 0 Å². The van der Waals surface area contributed by atoms with Crippen molar-refractivity contribution >= 4 is 11.6 Å². The van der Waals surface area contributed by atoms with Crippen LogP contribution in [0.5, 0.6) is 0 Å². The van der Waals surface area contributed by atoms with E-state index in [-0.39, 0.29) is 11.9 Å². The first-order valence-electron chi connectivity index (χ1n) is 6.54. The molecule has 6 heteroatoms. The van der Waals surface area contributed by atoms with Crippen molar-refractivity contribution < 1.29 is 4.79 Å². The lowest BCUT2D eigenvalue weighted by Gasteiger charge is -2.24. The summed E-state index contributed by atoms with van der Waals surface area (Å²) >= 11 is 0. The van der Waals surface area contributed by atoms with E-state index in [9.17, 15) is 4.79 Å². The zero-order chi connectivity index (χ0) is 14.6. The molecule has 1 unspecified atom stereocenters. The fourth-order valence-electron chi connectivity index (χ4n) is 2.18. The van der Waals surface area contributed by atoms with E-state index < -0.39 is 0 Å². The largest absolute Gasteiger partial charge is 0.396 e. The van der Waals surface area contributed by atoms with Crippen LogP contribution in [0.1, 0.15) is 30.8 Å². The molecule has 6 nitrogen and oxygen atoms in total. The molecule has 0 saturated heterocycles. The summed E-state index contributed by atoms with van der Waals surface area (Å²) in [6.07, 6.45) is 2.43. The summed E-state index contributed by atoms with van der Waals surface area (Å²) in [5.41, 5.74) is 6.60. The zero-order valence-electron chi connectivity index (χ0n) is 12.5. The van der Waals surface area contributed by atoms with Crippen molar-refractivity contribution in [1.29, 1.82) is 0 Å². The van der Waals surface area contributed by atoms with E-state index in [1.165, 1.54) is 10.9 Å². The number of rotatable bonds is 6. The molecule has 108 valence electrons. The monoisotopic (exact) mass is 267 g/mol. The van der Waals surface area contributed by atoms with Crippen LogP contribution in [0.3, 0.4) is 0 Å². The third-order valence-corrected chi connectivity index (χ3v) is 2.86. The van der Waals surface area contributed by atoms with E-state index in [1.807, 2.05) is 14.1 Å². The van der Waals surface area contributed by atoms with Gasteiger partial charge in [0.15, 0.2) is 0 Å². The van der Waals surface area contributed by atoms with E-state index in [0.29, 0.717) is 17.3 Å². The molecule has 0 radical (unpaired) electrons. The van der Waals surface area contributed by atoms with Crippen LogP contribution in [0, 0.1) is 5.92 Å². The topological polar surface area (TPSA) is 76.2 Å². The fourth-order valence-corrected chi connectivity index (χ4v) is 2.18. The highest BCUT2D eigenvalue weighted by Crippen LogP contribution is 2.11. The van der Waals surface area contributed by atoms with E-state index in [1.54, 1.807) is 7.05 Å². The molecule has 0 aliphatic rings. The molecule has 1 heterocycles. The van der Waals surface area contributed by atoms with Gasteiger partial charge < -0.3 is 16.0 Å². The molecule has 0 aromatic carbocycles. The van der Waals surface area contributed by atoms with E-state index in [2.05, 4.69) is 29.2 Å². The maximum Gasteiger partial charge on any atom is 0.271 e. The Morgan fingerprint density at radius 2 is 2.16 bits per heavy atom. The molecule has 0 saturated carbocycles. The van der Waals surface area contributed by atoms with E-state index in [4.69, 9.17) is 5.73 Å². The van der Waals surface area contributed by atoms with Gasteiger partial charge in [-0.2, -0.15) is 5.10 Å². The lowest BCUT2D eigenvalue weighted by Crippen LogP contribution is -2.43. The number of likely N-dealkylation sites (N-methyl/N-ethyl adjacent to an activating group) is 1. The van der Waals surface area contributed by atoms with E-state index >= 15 is 0 Å². The van der Waals surface area contributed by atoms with Crippen molar-refractivity contribution in [1.82, 2.24) is 20.0 Å². The van der Waals surface area contributed by atoms with Gasteiger partial charge in [-0.1, -0.05) is 13.8 Å². The summed E-state index contributed by atoms with van der Waals surface area (Å²) in [7, 11) is 5.71. The predicted molar refractivity (Wildman–Crippen MR) is 76.9 cm³/mol. The van der Waals surface area contributed by atoms with Crippen LogP contribution in [0.15, 0.2) is 6.20 Å². The number of aromatic nitrogens is 2. The number of carbonyl (C=O) groups is 1. The number of anilines is 1. The quantitative estimate of drug-likeness (QED) is 0.796. The molecule has 19 heavy (non-hydrogen) atoms. The molecule has 0 aliphatic heterocycles. The van der Waals surface area contributed by atoms with Crippen LogP contribution in [0.25, 0.3) is 0 Å². The third kappa shape index (κ3) is 4.55. The van der Waals surface area contributed by atoms with Gasteiger partial charge in [0.1, 0.15) is 5.69 Å². The maximum atomic E-state index is 12.3. The normalized spacial score (nSPS) is 13.0. The van der Waals surface area contributed by atoms with Crippen molar-refractivity contribution in [3.05, 3.63) is 11.9 Å². The van der Waals surface area contributed by atoms with Crippen molar-refractivity contribution in [2.45, 2.75) is 26.3 Å². The highest BCUT2D eigenvalue weighted by Gasteiger charge is 2.20. The van der Waals surface area contributed by atoms with Crippen LogP contribution < -0.4 is 11.1 Å². The summed E-state index contributed by atoms with van der Waals surface area (Å²) in [6.45, 7) is 5.10. The zero-order valence-corrected chi connectivity index (χ0v) is 12.5. The Hall–Kier alpha value is -1.56. The molecule has 1 atom stereocenters. The summed E-state index contributed by atoms with van der Waals surface area (Å²) < 4.78 is 1.51. The van der Waals surface area contributed by atoms with Crippen molar-refractivity contribution in [2.75, 3.05) is 26.4 Å². The average molecular weight is 267 g/mol. The molecular formula is C13H25N5O. The smallest absolute Gasteiger partial charge is 0.271 e. The van der Waals surface area contributed by atoms with Gasteiger partial charge in [-0.3, -0.25) is 9.48 Å². The first-order valence-corrected chi connectivity index (χ1v) is 6.54. The highest BCUT2D eigenvalue weighted by atomic mass is 16.2. The summed E-state index contributed by atoms with van der Waals surface area (Å²) in [5, 5.41) is 7.03. The van der Waals surface area contributed by atoms with E-state index in [0.717, 1.165) is 13.0 Å². The number of nitrogens with one attached hydrogen (secondary N) is 1. The van der Waals surface area contributed by atoms with Gasteiger partial charge in [0.05, 0.1) is 11.9 Å². The fraction of sp³-hybridized carbons (Fsp3) is 0.692. The number of nitrogen functional groups attached to an aromatic ring is 1. The lowest BCUT2D eigenvalue weighted by atomic mass is 10.0. The summed E-state index contributed by atoms with van der Waals surface area (Å²) in [4.78, 5) is 14.3. The van der Waals surface area contributed by atoms with Gasteiger partial charge in [0, 0.05) is 19.6 Å².